The summed E-state index contributed by atoms with van der Waals surface area (Å²) in [6.45, 7) is 11.9. The lowest BCUT2D eigenvalue weighted by Crippen LogP contribution is -2.49. The van der Waals surface area contributed by atoms with Crippen LogP contribution in [0, 0.1) is 5.41 Å². The fraction of sp³-hybridized carbons (Fsp3) is 0.929. The average molecular weight is 271 g/mol. The summed E-state index contributed by atoms with van der Waals surface area (Å²) in [6.07, 6.45) is 0.665. The second-order valence-corrected chi connectivity index (χ2v) is 6.31. The standard InChI is InChI=1S/C14H29N3O2/c1-5-19-13(18)12(15)10-14(2,3)11-17-8-6-16(4)7-9-17/h12H,5-11,15H2,1-4H3. The van der Waals surface area contributed by atoms with Crippen molar-refractivity contribution >= 4 is 5.97 Å². The summed E-state index contributed by atoms with van der Waals surface area (Å²) in [5.41, 5.74) is 5.95. The first-order valence-electron chi connectivity index (χ1n) is 7.17. The number of rotatable bonds is 6. The first kappa shape index (κ1) is 16.4. The van der Waals surface area contributed by atoms with Crippen LogP contribution in [-0.2, 0) is 9.53 Å². The van der Waals surface area contributed by atoms with E-state index in [1.165, 1.54) is 0 Å². The molecule has 1 saturated heterocycles. The van der Waals surface area contributed by atoms with Crippen LogP contribution >= 0.6 is 0 Å². The molecule has 0 spiro atoms. The van der Waals surface area contributed by atoms with Gasteiger partial charge in [-0.25, -0.2) is 0 Å². The van der Waals surface area contributed by atoms with Crippen molar-refractivity contribution in [1.82, 2.24) is 9.80 Å². The zero-order valence-corrected chi connectivity index (χ0v) is 12.8. The van der Waals surface area contributed by atoms with Crippen LogP contribution in [0.25, 0.3) is 0 Å². The maximum atomic E-state index is 11.6. The maximum Gasteiger partial charge on any atom is 0.322 e. The van der Waals surface area contributed by atoms with Crippen LogP contribution in [0.15, 0.2) is 0 Å². The SMILES string of the molecule is CCOC(=O)C(N)CC(C)(C)CN1CCN(C)CC1. The molecule has 1 aliphatic heterocycles. The monoisotopic (exact) mass is 271 g/mol. The van der Waals surface area contributed by atoms with Gasteiger partial charge in [0.25, 0.3) is 0 Å². The normalized spacial score (nSPS) is 20.3. The molecule has 0 aromatic rings. The quantitative estimate of drug-likeness (QED) is 0.715. The predicted octanol–water partition coefficient (Wildman–Crippen LogP) is 0.541. The lowest BCUT2D eigenvalue weighted by Gasteiger charge is -2.38. The Hall–Kier alpha value is -0.650. The molecule has 0 saturated carbocycles. The van der Waals surface area contributed by atoms with Gasteiger partial charge in [-0.2, -0.15) is 0 Å². The van der Waals surface area contributed by atoms with E-state index >= 15 is 0 Å². The Morgan fingerprint density at radius 3 is 2.42 bits per heavy atom. The largest absolute Gasteiger partial charge is 0.465 e. The summed E-state index contributed by atoms with van der Waals surface area (Å²) in [7, 11) is 2.15. The smallest absolute Gasteiger partial charge is 0.322 e. The lowest BCUT2D eigenvalue weighted by molar-refractivity contribution is -0.145. The van der Waals surface area contributed by atoms with Crippen LogP contribution in [0.1, 0.15) is 27.2 Å². The Morgan fingerprint density at radius 1 is 1.32 bits per heavy atom. The molecule has 0 radical (unpaired) electrons. The van der Waals surface area contributed by atoms with Gasteiger partial charge < -0.3 is 20.3 Å². The van der Waals surface area contributed by atoms with Crippen LogP contribution in [0.2, 0.25) is 0 Å². The third-order valence-electron chi connectivity index (χ3n) is 3.61. The zero-order valence-electron chi connectivity index (χ0n) is 12.8. The molecule has 1 rings (SSSR count). The molecule has 0 aromatic heterocycles. The van der Waals surface area contributed by atoms with Crippen molar-refractivity contribution < 1.29 is 9.53 Å². The molecule has 1 aliphatic rings. The molecule has 1 atom stereocenters. The van der Waals surface area contributed by atoms with Crippen molar-refractivity contribution in [3.8, 4) is 0 Å². The van der Waals surface area contributed by atoms with Gasteiger partial charge in [-0.05, 0) is 25.8 Å². The van der Waals surface area contributed by atoms with Crippen molar-refractivity contribution in [2.24, 2.45) is 11.1 Å². The number of hydrogen-bond donors (Lipinski definition) is 1. The number of esters is 1. The Kier molecular flexibility index (Phi) is 6.23. The minimum Gasteiger partial charge on any atom is -0.465 e. The van der Waals surface area contributed by atoms with Crippen molar-refractivity contribution in [3.05, 3.63) is 0 Å². The highest BCUT2D eigenvalue weighted by molar-refractivity contribution is 5.75. The van der Waals surface area contributed by atoms with E-state index in [4.69, 9.17) is 10.5 Å². The number of hydrogen-bond acceptors (Lipinski definition) is 5. The molecule has 1 heterocycles. The summed E-state index contributed by atoms with van der Waals surface area (Å²) in [4.78, 5) is 16.4. The van der Waals surface area contributed by atoms with Crippen molar-refractivity contribution in [2.75, 3.05) is 46.4 Å². The fourth-order valence-electron chi connectivity index (χ4n) is 2.60. The summed E-state index contributed by atoms with van der Waals surface area (Å²) in [5.74, 6) is -0.283. The molecule has 0 aromatic carbocycles. The highest BCUT2D eigenvalue weighted by atomic mass is 16.5. The van der Waals surface area contributed by atoms with E-state index in [9.17, 15) is 4.79 Å². The van der Waals surface area contributed by atoms with Gasteiger partial charge in [0.1, 0.15) is 6.04 Å². The van der Waals surface area contributed by atoms with E-state index in [2.05, 4.69) is 30.7 Å². The van der Waals surface area contributed by atoms with E-state index < -0.39 is 6.04 Å². The van der Waals surface area contributed by atoms with Crippen LogP contribution in [-0.4, -0.2) is 68.2 Å². The van der Waals surface area contributed by atoms with E-state index in [-0.39, 0.29) is 11.4 Å². The molecule has 2 N–H and O–H groups in total. The van der Waals surface area contributed by atoms with E-state index in [0.717, 1.165) is 32.7 Å². The van der Waals surface area contributed by atoms with Gasteiger partial charge in [0.2, 0.25) is 0 Å². The second kappa shape index (κ2) is 7.22. The summed E-state index contributed by atoms with van der Waals surface area (Å²) < 4.78 is 4.97. The molecular formula is C14H29N3O2. The van der Waals surface area contributed by atoms with E-state index in [1.807, 2.05) is 0 Å². The van der Waals surface area contributed by atoms with Crippen molar-refractivity contribution in [2.45, 2.75) is 33.2 Å². The Balaban J connectivity index is 2.40. The second-order valence-electron chi connectivity index (χ2n) is 6.31. The molecule has 5 nitrogen and oxygen atoms in total. The Bertz CT molecular complexity index is 286. The molecular weight excluding hydrogens is 242 g/mol. The van der Waals surface area contributed by atoms with Gasteiger partial charge in [-0.15, -0.1) is 0 Å². The maximum absolute atomic E-state index is 11.6. The molecule has 112 valence electrons. The highest BCUT2D eigenvalue weighted by Crippen LogP contribution is 2.24. The van der Waals surface area contributed by atoms with Gasteiger partial charge in [0, 0.05) is 32.7 Å². The van der Waals surface area contributed by atoms with E-state index in [0.29, 0.717) is 13.0 Å². The number of likely N-dealkylation sites (N-methyl/N-ethyl adjacent to an activating group) is 1. The number of piperazine rings is 1. The summed E-state index contributed by atoms with van der Waals surface area (Å²) in [6, 6.07) is -0.512. The van der Waals surface area contributed by atoms with Gasteiger partial charge in [0.15, 0.2) is 0 Å². The summed E-state index contributed by atoms with van der Waals surface area (Å²) in [5, 5.41) is 0. The predicted molar refractivity (Wildman–Crippen MR) is 76.9 cm³/mol. The highest BCUT2D eigenvalue weighted by Gasteiger charge is 2.29. The third-order valence-corrected chi connectivity index (χ3v) is 3.61. The molecule has 19 heavy (non-hydrogen) atoms. The number of carbonyl (C=O) groups excluding carboxylic acids is 1. The first-order valence-corrected chi connectivity index (χ1v) is 7.17. The zero-order chi connectivity index (χ0) is 14.5. The molecule has 1 fully saturated rings. The van der Waals surface area contributed by atoms with Crippen molar-refractivity contribution in [3.63, 3.8) is 0 Å². The number of nitrogens with zero attached hydrogens (tertiary/aromatic N) is 2. The molecule has 0 bridgehead atoms. The average Bonchev–Trinajstić information content (AvgIpc) is 2.31. The van der Waals surface area contributed by atoms with Gasteiger partial charge in [0.05, 0.1) is 6.61 Å². The minimum atomic E-state index is -0.512. The number of carbonyl (C=O) groups is 1. The van der Waals surface area contributed by atoms with Gasteiger partial charge >= 0.3 is 5.97 Å². The Labute approximate surface area is 117 Å². The van der Waals surface area contributed by atoms with Crippen LogP contribution < -0.4 is 5.73 Å². The molecule has 1 unspecified atom stereocenters. The van der Waals surface area contributed by atoms with Crippen LogP contribution in [0.3, 0.4) is 0 Å². The van der Waals surface area contributed by atoms with Crippen LogP contribution in [0.4, 0.5) is 0 Å². The topological polar surface area (TPSA) is 58.8 Å². The summed E-state index contributed by atoms with van der Waals surface area (Å²) >= 11 is 0. The Morgan fingerprint density at radius 2 is 1.89 bits per heavy atom. The van der Waals surface area contributed by atoms with Gasteiger partial charge in [-0.3, -0.25) is 4.79 Å². The van der Waals surface area contributed by atoms with Gasteiger partial charge in [-0.1, -0.05) is 13.8 Å². The third kappa shape index (κ3) is 5.89. The molecule has 0 aliphatic carbocycles. The van der Waals surface area contributed by atoms with Crippen LogP contribution in [0.5, 0.6) is 0 Å². The lowest BCUT2D eigenvalue weighted by atomic mass is 9.85. The van der Waals surface area contributed by atoms with E-state index in [1.54, 1.807) is 6.92 Å². The minimum absolute atomic E-state index is 0.0299. The van der Waals surface area contributed by atoms with Crippen molar-refractivity contribution in [1.29, 1.82) is 0 Å². The molecule has 5 heteroatoms. The fourth-order valence-corrected chi connectivity index (χ4v) is 2.60. The number of ether oxygens (including phenoxy) is 1. The first-order chi connectivity index (χ1) is 8.84. The molecule has 0 amide bonds. The number of nitrogens with two attached hydrogens (primary N) is 1.